The molecular weight excluding hydrogens is 446 g/mol. The van der Waals surface area contributed by atoms with Gasteiger partial charge in [0.1, 0.15) is 15.7 Å². The second kappa shape index (κ2) is 7.65. The van der Waals surface area contributed by atoms with Gasteiger partial charge in [0.2, 0.25) is 11.0 Å². The quantitative estimate of drug-likeness (QED) is 0.267. The third kappa shape index (κ3) is 3.75. The Hall–Kier alpha value is -2.36. The van der Waals surface area contributed by atoms with E-state index >= 15 is 0 Å². The summed E-state index contributed by atoms with van der Waals surface area (Å²) in [5, 5.41) is 13.6. The minimum Gasteiger partial charge on any atom is -0.284 e. The number of benzene rings is 1. The maximum atomic E-state index is 12.1. The number of hydrogen-bond donors (Lipinski definition) is 0. The lowest BCUT2D eigenvalue weighted by molar-refractivity contribution is -0.116. The van der Waals surface area contributed by atoms with E-state index in [9.17, 15) is 4.79 Å². The third-order valence-corrected chi connectivity index (χ3v) is 8.32. The van der Waals surface area contributed by atoms with E-state index in [0.29, 0.717) is 11.0 Å². The first-order valence-corrected chi connectivity index (χ1v) is 12.8. The molecule has 31 heavy (non-hydrogen) atoms. The van der Waals surface area contributed by atoms with Crippen molar-refractivity contribution in [1.29, 1.82) is 0 Å². The Bertz CT molecular complexity index is 1280. The molecule has 2 saturated carbocycles. The number of nitrogens with zero attached hydrogens (tertiary/aromatic N) is 5. The van der Waals surface area contributed by atoms with Gasteiger partial charge in [-0.15, -0.1) is 21.5 Å². The van der Waals surface area contributed by atoms with Crippen molar-refractivity contribution in [3.63, 3.8) is 0 Å². The van der Waals surface area contributed by atoms with Crippen molar-refractivity contribution in [3.05, 3.63) is 41.5 Å². The Morgan fingerprint density at radius 3 is 2.61 bits per heavy atom. The van der Waals surface area contributed by atoms with E-state index in [2.05, 4.69) is 39.8 Å². The van der Waals surface area contributed by atoms with Gasteiger partial charge in [-0.25, -0.2) is 9.97 Å². The van der Waals surface area contributed by atoms with Crippen LogP contribution in [0.2, 0.25) is 0 Å². The van der Waals surface area contributed by atoms with Gasteiger partial charge in [-0.2, -0.15) is 0 Å². The number of hydrogen-bond acceptors (Lipinski definition) is 8. The van der Waals surface area contributed by atoms with Crippen LogP contribution in [-0.4, -0.2) is 32.1 Å². The Morgan fingerprint density at radius 2 is 1.90 bits per heavy atom. The minimum atomic E-state index is 0.0276. The van der Waals surface area contributed by atoms with Crippen LogP contribution < -0.4 is 4.90 Å². The van der Waals surface area contributed by atoms with Gasteiger partial charge in [0.15, 0.2) is 4.34 Å². The van der Waals surface area contributed by atoms with Gasteiger partial charge in [-0.3, -0.25) is 9.69 Å². The maximum Gasteiger partial charge on any atom is 0.225 e. The van der Waals surface area contributed by atoms with Gasteiger partial charge in [0.05, 0.1) is 5.39 Å². The van der Waals surface area contributed by atoms with Crippen molar-refractivity contribution in [3.8, 4) is 11.1 Å². The van der Waals surface area contributed by atoms with Crippen molar-refractivity contribution < 1.29 is 4.79 Å². The molecule has 0 saturated heterocycles. The zero-order valence-electron chi connectivity index (χ0n) is 16.8. The van der Waals surface area contributed by atoms with Crippen LogP contribution in [0, 0.1) is 0 Å². The van der Waals surface area contributed by atoms with Crippen LogP contribution in [-0.2, 0) is 4.79 Å². The first-order chi connectivity index (χ1) is 15.2. The van der Waals surface area contributed by atoms with E-state index < -0.39 is 0 Å². The number of aromatic nitrogens is 4. The molecule has 0 N–H and O–H groups in total. The number of fused-ring (bicyclic) bond motifs is 1. The summed E-state index contributed by atoms with van der Waals surface area (Å²) in [6.45, 7) is 1.60. The molecule has 3 heterocycles. The van der Waals surface area contributed by atoms with E-state index in [-0.39, 0.29) is 11.9 Å². The van der Waals surface area contributed by atoms with Gasteiger partial charge >= 0.3 is 0 Å². The Kier molecular flexibility index (Phi) is 4.77. The van der Waals surface area contributed by atoms with Crippen LogP contribution in [0.15, 0.2) is 45.1 Å². The average Bonchev–Trinajstić information content (AvgIpc) is 3.69. The molecule has 3 aromatic heterocycles. The van der Waals surface area contributed by atoms with E-state index in [1.165, 1.54) is 23.1 Å². The fraction of sp³-hybridized carbons (Fsp3) is 0.318. The highest BCUT2D eigenvalue weighted by molar-refractivity contribution is 8.01. The second-order valence-corrected chi connectivity index (χ2v) is 11.0. The lowest BCUT2D eigenvalue weighted by Crippen LogP contribution is -2.30. The molecule has 2 fully saturated rings. The molecule has 1 aromatic carbocycles. The number of amides is 1. The van der Waals surface area contributed by atoms with Gasteiger partial charge in [-0.1, -0.05) is 41.7 Å². The predicted octanol–water partition coefficient (Wildman–Crippen LogP) is 5.75. The molecule has 156 valence electrons. The minimum absolute atomic E-state index is 0.0276. The molecule has 0 aliphatic heterocycles. The van der Waals surface area contributed by atoms with Crippen LogP contribution in [0.3, 0.4) is 0 Å². The molecule has 6 rings (SSSR count). The zero-order chi connectivity index (χ0) is 20.9. The number of thiophene rings is 1. The van der Waals surface area contributed by atoms with Crippen molar-refractivity contribution in [2.45, 2.75) is 53.9 Å². The molecular formula is C22H19N5OS3. The van der Waals surface area contributed by atoms with Crippen LogP contribution in [0.5, 0.6) is 0 Å². The average molecular weight is 466 g/mol. The first-order valence-electron chi connectivity index (χ1n) is 10.3. The van der Waals surface area contributed by atoms with E-state index in [1.54, 1.807) is 23.2 Å². The molecule has 9 heteroatoms. The molecule has 0 atom stereocenters. The Balaban J connectivity index is 1.41. The standard InChI is InChI=1S/C22H19N5OS3/c1-12(28)27(15-9-10-15)21-25-26-22(31-21)30-20-17-16(13-5-3-2-4-6-13)11-29-19(17)23-18(24-20)14-7-8-14/h2-6,11,14-15H,7-10H2,1H3. The molecule has 4 aromatic rings. The molecule has 0 radical (unpaired) electrons. The Morgan fingerprint density at radius 1 is 1.10 bits per heavy atom. The summed E-state index contributed by atoms with van der Waals surface area (Å²) >= 11 is 4.67. The van der Waals surface area contributed by atoms with Gasteiger partial charge in [0.25, 0.3) is 0 Å². The molecule has 0 bridgehead atoms. The summed E-state index contributed by atoms with van der Waals surface area (Å²) in [5.74, 6) is 1.43. The molecule has 2 aliphatic rings. The van der Waals surface area contributed by atoms with Crippen molar-refractivity contribution in [2.24, 2.45) is 0 Å². The van der Waals surface area contributed by atoms with Gasteiger partial charge in [-0.05, 0) is 43.0 Å². The molecule has 0 spiro atoms. The van der Waals surface area contributed by atoms with Crippen molar-refractivity contribution in [1.82, 2.24) is 20.2 Å². The van der Waals surface area contributed by atoms with Crippen molar-refractivity contribution in [2.75, 3.05) is 4.90 Å². The highest BCUT2D eigenvalue weighted by Crippen LogP contribution is 2.45. The largest absolute Gasteiger partial charge is 0.284 e. The zero-order valence-corrected chi connectivity index (χ0v) is 19.3. The monoisotopic (exact) mass is 465 g/mol. The lowest BCUT2D eigenvalue weighted by Gasteiger charge is -2.15. The van der Waals surface area contributed by atoms with Crippen LogP contribution in [0.25, 0.3) is 21.3 Å². The highest BCUT2D eigenvalue weighted by atomic mass is 32.2. The number of carbonyl (C=O) groups is 1. The van der Waals surface area contributed by atoms with Crippen LogP contribution in [0.4, 0.5) is 5.13 Å². The fourth-order valence-corrected chi connectivity index (χ4v) is 6.69. The van der Waals surface area contributed by atoms with Gasteiger partial charge in [0, 0.05) is 29.8 Å². The number of carbonyl (C=O) groups excluding carboxylic acids is 1. The summed E-state index contributed by atoms with van der Waals surface area (Å²) in [7, 11) is 0. The normalized spacial score (nSPS) is 16.0. The smallest absolute Gasteiger partial charge is 0.225 e. The maximum absolute atomic E-state index is 12.1. The Labute approximate surface area is 191 Å². The van der Waals surface area contributed by atoms with E-state index in [4.69, 9.17) is 9.97 Å². The van der Waals surface area contributed by atoms with E-state index in [0.717, 1.165) is 62.2 Å². The topological polar surface area (TPSA) is 71.9 Å². The van der Waals surface area contributed by atoms with Crippen LogP contribution >= 0.6 is 34.4 Å². The van der Waals surface area contributed by atoms with Crippen molar-refractivity contribution >= 4 is 55.7 Å². The fourth-order valence-electron chi connectivity index (χ4n) is 3.66. The summed E-state index contributed by atoms with van der Waals surface area (Å²) < 4.78 is 0.800. The molecule has 1 amide bonds. The third-order valence-electron chi connectivity index (χ3n) is 5.48. The lowest BCUT2D eigenvalue weighted by atomic mass is 10.1. The highest BCUT2D eigenvalue weighted by Gasteiger charge is 2.34. The van der Waals surface area contributed by atoms with Crippen LogP contribution in [0.1, 0.15) is 44.3 Å². The summed E-state index contributed by atoms with van der Waals surface area (Å²) in [4.78, 5) is 24.8. The number of rotatable bonds is 6. The summed E-state index contributed by atoms with van der Waals surface area (Å²) in [5.41, 5.74) is 2.31. The number of anilines is 1. The molecule has 2 aliphatic carbocycles. The summed E-state index contributed by atoms with van der Waals surface area (Å²) in [6, 6.07) is 10.6. The molecule has 6 nitrogen and oxygen atoms in total. The SMILES string of the molecule is CC(=O)N(c1nnc(Sc2nc(C3CC3)nc3scc(-c4ccccc4)c23)s1)C1CC1. The summed E-state index contributed by atoms with van der Waals surface area (Å²) in [6.07, 6.45) is 4.39. The van der Waals surface area contributed by atoms with Gasteiger partial charge < -0.3 is 0 Å². The second-order valence-electron chi connectivity index (χ2n) is 7.93. The predicted molar refractivity (Wildman–Crippen MR) is 125 cm³/mol. The van der Waals surface area contributed by atoms with E-state index in [1.807, 2.05) is 6.07 Å². The first kappa shape index (κ1) is 19.3. The molecule has 0 unspecified atom stereocenters.